The van der Waals surface area contributed by atoms with Crippen LogP contribution >= 0.6 is 0 Å². The second-order valence-corrected chi connectivity index (χ2v) is 9.15. The number of aryl methyl sites for hydroxylation is 2. The molecule has 2 heterocycles. The molecule has 6 nitrogen and oxygen atoms in total. The monoisotopic (exact) mass is 398 g/mol. The molecule has 0 bridgehead atoms. The Bertz CT molecular complexity index is 1090. The number of carbonyl (C=O) groups excluding carboxylic acids is 2. The molecule has 0 radical (unpaired) electrons. The number of para-hydroxylation sites is 1. The fraction of sp³-hybridized carbons (Fsp3) is 0.333. The zero-order chi connectivity index (χ0) is 20.1. The van der Waals surface area contributed by atoms with Gasteiger partial charge in [-0.2, -0.15) is 0 Å². The SMILES string of the molecule is CC(=O)N1CCCc2cc(S(=O)(=O)N3CCC(=O)c4cccc(C)c43)ccc21. The molecule has 146 valence electrons. The van der Waals surface area contributed by atoms with Crippen LogP contribution in [-0.2, 0) is 21.2 Å². The number of hydrogen-bond acceptors (Lipinski definition) is 4. The van der Waals surface area contributed by atoms with Crippen LogP contribution in [0.15, 0.2) is 41.3 Å². The number of sulfonamides is 1. The van der Waals surface area contributed by atoms with Crippen molar-refractivity contribution in [1.82, 2.24) is 0 Å². The van der Waals surface area contributed by atoms with E-state index in [9.17, 15) is 18.0 Å². The first-order chi connectivity index (χ1) is 13.3. The number of rotatable bonds is 2. The molecule has 2 aromatic rings. The molecule has 4 rings (SSSR count). The van der Waals surface area contributed by atoms with E-state index in [4.69, 9.17) is 0 Å². The zero-order valence-electron chi connectivity index (χ0n) is 15.9. The number of anilines is 2. The Morgan fingerprint density at radius 1 is 1.07 bits per heavy atom. The van der Waals surface area contributed by atoms with Crippen LogP contribution in [0.1, 0.15) is 41.3 Å². The van der Waals surface area contributed by atoms with E-state index in [0.29, 0.717) is 17.8 Å². The van der Waals surface area contributed by atoms with E-state index < -0.39 is 10.0 Å². The molecule has 0 saturated heterocycles. The summed E-state index contributed by atoms with van der Waals surface area (Å²) in [4.78, 5) is 26.0. The summed E-state index contributed by atoms with van der Waals surface area (Å²) in [5.74, 6) is -0.0802. The molecule has 0 atom stereocenters. The molecule has 0 aliphatic carbocycles. The summed E-state index contributed by atoms with van der Waals surface area (Å²) in [5.41, 5.74) is 3.33. The van der Waals surface area contributed by atoms with Gasteiger partial charge in [0, 0.05) is 37.7 Å². The maximum Gasteiger partial charge on any atom is 0.264 e. The van der Waals surface area contributed by atoms with Gasteiger partial charge in [-0.15, -0.1) is 0 Å². The minimum atomic E-state index is -3.81. The predicted molar refractivity (Wildman–Crippen MR) is 107 cm³/mol. The van der Waals surface area contributed by atoms with Crippen LogP contribution in [-0.4, -0.2) is 33.2 Å². The van der Waals surface area contributed by atoms with Crippen LogP contribution in [0, 0.1) is 6.92 Å². The highest BCUT2D eigenvalue weighted by Gasteiger charge is 2.34. The van der Waals surface area contributed by atoms with Gasteiger partial charge in [0.2, 0.25) is 5.91 Å². The first-order valence-corrected chi connectivity index (χ1v) is 10.8. The van der Waals surface area contributed by atoms with Crippen molar-refractivity contribution in [2.45, 2.75) is 38.0 Å². The van der Waals surface area contributed by atoms with Crippen molar-refractivity contribution < 1.29 is 18.0 Å². The van der Waals surface area contributed by atoms with E-state index in [0.717, 1.165) is 29.7 Å². The summed E-state index contributed by atoms with van der Waals surface area (Å²) in [6, 6.07) is 10.2. The lowest BCUT2D eigenvalue weighted by Crippen LogP contribution is -2.38. The molecule has 0 spiro atoms. The maximum absolute atomic E-state index is 13.4. The first-order valence-electron chi connectivity index (χ1n) is 9.37. The molecule has 7 heteroatoms. The zero-order valence-corrected chi connectivity index (χ0v) is 16.8. The third-order valence-corrected chi connectivity index (χ3v) is 7.26. The Morgan fingerprint density at radius 2 is 1.86 bits per heavy atom. The number of carbonyl (C=O) groups is 2. The van der Waals surface area contributed by atoms with Crippen molar-refractivity contribution in [2.24, 2.45) is 0 Å². The van der Waals surface area contributed by atoms with E-state index in [1.807, 2.05) is 13.0 Å². The maximum atomic E-state index is 13.4. The van der Waals surface area contributed by atoms with Gasteiger partial charge >= 0.3 is 0 Å². The van der Waals surface area contributed by atoms with Crippen LogP contribution in [0.5, 0.6) is 0 Å². The lowest BCUT2D eigenvalue weighted by Gasteiger charge is -2.32. The molecule has 2 aromatic carbocycles. The Hall–Kier alpha value is -2.67. The van der Waals surface area contributed by atoms with Gasteiger partial charge in [-0.05, 0) is 55.2 Å². The molecule has 0 saturated carbocycles. The predicted octanol–water partition coefficient (Wildman–Crippen LogP) is 3.08. The molecule has 0 N–H and O–H groups in total. The number of amides is 1. The van der Waals surface area contributed by atoms with Gasteiger partial charge < -0.3 is 4.90 Å². The van der Waals surface area contributed by atoms with Crippen LogP contribution in [0.4, 0.5) is 11.4 Å². The highest BCUT2D eigenvalue weighted by molar-refractivity contribution is 7.92. The largest absolute Gasteiger partial charge is 0.312 e. The number of benzene rings is 2. The Balaban J connectivity index is 1.80. The van der Waals surface area contributed by atoms with Crippen LogP contribution < -0.4 is 9.21 Å². The molecule has 2 aliphatic rings. The Morgan fingerprint density at radius 3 is 2.61 bits per heavy atom. The van der Waals surface area contributed by atoms with E-state index in [2.05, 4.69) is 0 Å². The molecule has 1 amide bonds. The topological polar surface area (TPSA) is 74.8 Å². The van der Waals surface area contributed by atoms with Gasteiger partial charge in [0.25, 0.3) is 10.0 Å². The molecule has 28 heavy (non-hydrogen) atoms. The van der Waals surface area contributed by atoms with Crippen molar-refractivity contribution >= 4 is 33.1 Å². The molecule has 0 aromatic heterocycles. The second kappa shape index (κ2) is 6.74. The van der Waals surface area contributed by atoms with E-state index in [-0.39, 0.29) is 29.6 Å². The summed E-state index contributed by atoms with van der Waals surface area (Å²) in [7, 11) is -3.81. The van der Waals surface area contributed by atoms with Crippen LogP contribution in [0.2, 0.25) is 0 Å². The van der Waals surface area contributed by atoms with Crippen molar-refractivity contribution in [3.8, 4) is 0 Å². The quantitative estimate of drug-likeness (QED) is 0.779. The standard InChI is InChI=1S/C21H22N2O4S/c1-14-5-3-7-18-20(25)10-12-23(21(14)18)28(26,27)17-8-9-19-16(13-17)6-4-11-22(19)15(2)24/h3,5,7-9,13H,4,6,10-12H2,1-2H3. The van der Waals surface area contributed by atoms with Gasteiger partial charge in [-0.3, -0.25) is 13.9 Å². The lowest BCUT2D eigenvalue weighted by atomic mass is 9.99. The van der Waals surface area contributed by atoms with Crippen LogP contribution in [0.25, 0.3) is 0 Å². The van der Waals surface area contributed by atoms with Crippen molar-refractivity contribution in [1.29, 1.82) is 0 Å². The fourth-order valence-electron chi connectivity index (χ4n) is 4.09. The van der Waals surface area contributed by atoms with Crippen molar-refractivity contribution in [2.75, 3.05) is 22.3 Å². The molecule has 2 aliphatic heterocycles. The normalized spacial score (nSPS) is 16.6. The minimum Gasteiger partial charge on any atom is -0.312 e. The average Bonchev–Trinajstić information content (AvgIpc) is 2.67. The third kappa shape index (κ3) is 2.90. The van der Waals surface area contributed by atoms with E-state index >= 15 is 0 Å². The number of hydrogen-bond donors (Lipinski definition) is 0. The van der Waals surface area contributed by atoms with Crippen molar-refractivity contribution in [3.05, 3.63) is 53.1 Å². The van der Waals surface area contributed by atoms with Crippen LogP contribution in [0.3, 0.4) is 0 Å². The fourth-order valence-corrected chi connectivity index (χ4v) is 5.69. The summed E-state index contributed by atoms with van der Waals surface area (Å²) < 4.78 is 28.2. The van der Waals surface area contributed by atoms with E-state index in [1.165, 1.54) is 11.2 Å². The van der Waals surface area contributed by atoms with Gasteiger partial charge in [0.05, 0.1) is 10.6 Å². The minimum absolute atomic E-state index is 0.0345. The van der Waals surface area contributed by atoms with Gasteiger partial charge in [0.15, 0.2) is 5.78 Å². The average molecular weight is 398 g/mol. The highest BCUT2D eigenvalue weighted by Crippen LogP contribution is 2.36. The molecular weight excluding hydrogens is 376 g/mol. The highest BCUT2D eigenvalue weighted by atomic mass is 32.2. The number of ketones is 1. The summed E-state index contributed by atoms with van der Waals surface area (Å²) in [6.07, 6.45) is 1.70. The van der Waals surface area contributed by atoms with E-state index in [1.54, 1.807) is 35.2 Å². The summed E-state index contributed by atoms with van der Waals surface area (Å²) in [5, 5.41) is 0. The smallest absolute Gasteiger partial charge is 0.264 e. The summed E-state index contributed by atoms with van der Waals surface area (Å²) >= 11 is 0. The molecule has 0 unspecified atom stereocenters. The van der Waals surface area contributed by atoms with Gasteiger partial charge in [0.1, 0.15) is 0 Å². The second-order valence-electron chi connectivity index (χ2n) is 7.29. The molecule has 0 fully saturated rings. The Labute approximate surface area is 164 Å². The van der Waals surface area contributed by atoms with Gasteiger partial charge in [-0.25, -0.2) is 8.42 Å². The lowest BCUT2D eigenvalue weighted by molar-refractivity contribution is -0.116. The molecular formula is C21H22N2O4S. The third-order valence-electron chi connectivity index (χ3n) is 5.47. The number of fused-ring (bicyclic) bond motifs is 2. The van der Waals surface area contributed by atoms with Crippen molar-refractivity contribution in [3.63, 3.8) is 0 Å². The first kappa shape index (κ1) is 18.7. The number of nitrogens with zero attached hydrogens (tertiary/aromatic N) is 2. The number of Topliss-reactive ketones (excluding diaryl/α,β-unsaturated/α-hetero) is 1. The van der Waals surface area contributed by atoms with Gasteiger partial charge in [-0.1, -0.05) is 12.1 Å². The summed E-state index contributed by atoms with van der Waals surface area (Å²) in [6.45, 7) is 4.12. The Kier molecular flexibility index (Phi) is 4.50.